The van der Waals surface area contributed by atoms with Gasteiger partial charge in [0, 0.05) is 11.0 Å². The number of fused-ring (bicyclic) bond motifs is 1. The number of nitrogens with two attached hydrogens (primary N) is 1. The molecule has 0 saturated carbocycles. The Morgan fingerprint density at radius 1 is 1.42 bits per heavy atom. The van der Waals surface area contributed by atoms with Crippen molar-refractivity contribution in [1.82, 2.24) is 9.55 Å². The molecule has 1 aromatic heterocycles. The van der Waals surface area contributed by atoms with Crippen LogP contribution >= 0.6 is 27.5 Å². The minimum absolute atomic E-state index is 0.140. The minimum atomic E-state index is -1.02. The van der Waals surface area contributed by atoms with Crippen molar-refractivity contribution in [2.45, 2.75) is 44.9 Å². The van der Waals surface area contributed by atoms with E-state index in [0.29, 0.717) is 33.4 Å². The summed E-state index contributed by atoms with van der Waals surface area (Å²) in [5.41, 5.74) is 5.92. The number of rotatable bonds is 8. The molecule has 2 atom stereocenters. The summed E-state index contributed by atoms with van der Waals surface area (Å²) >= 11 is 9.37. The zero-order valence-corrected chi connectivity index (χ0v) is 16.7. The summed E-state index contributed by atoms with van der Waals surface area (Å²) in [6.45, 7) is 2.18. The number of aromatic nitrogens is 2. The highest BCUT2D eigenvalue weighted by Gasteiger charge is 2.19. The van der Waals surface area contributed by atoms with E-state index in [1.807, 2.05) is 0 Å². The lowest BCUT2D eigenvalue weighted by atomic mass is 10.2. The van der Waals surface area contributed by atoms with Gasteiger partial charge in [0.1, 0.15) is 6.04 Å². The Bertz CT molecular complexity index is 841. The molecule has 0 radical (unpaired) electrons. The molecule has 7 nitrogen and oxygen atoms in total. The molecule has 0 saturated heterocycles. The Kier molecular flexibility index (Phi) is 7.57. The van der Waals surface area contributed by atoms with Crippen LogP contribution in [0.15, 0.2) is 27.7 Å². The van der Waals surface area contributed by atoms with Gasteiger partial charge in [-0.1, -0.05) is 11.6 Å². The minimum Gasteiger partial charge on any atom is -0.464 e. The van der Waals surface area contributed by atoms with Gasteiger partial charge in [-0.2, -0.15) is 0 Å². The van der Waals surface area contributed by atoms with Crippen LogP contribution in [-0.2, 0) is 16.1 Å². The molecule has 2 rings (SSSR count). The van der Waals surface area contributed by atoms with Crippen LogP contribution in [0.1, 0.15) is 26.2 Å². The van der Waals surface area contributed by atoms with Crippen molar-refractivity contribution in [1.29, 1.82) is 0 Å². The Labute approximate surface area is 164 Å². The number of aryl methyl sites for hydroxylation is 1. The number of ether oxygens (including phenoxy) is 1. The van der Waals surface area contributed by atoms with Crippen molar-refractivity contribution in [3.8, 4) is 0 Å². The number of aliphatic hydroxyl groups excluding tert-OH is 1. The topological polar surface area (TPSA) is 107 Å². The zero-order valence-electron chi connectivity index (χ0n) is 14.3. The van der Waals surface area contributed by atoms with E-state index in [0.717, 1.165) is 12.8 Å². The summed E-state index contributed by atoms with van der Waals surface area (Å²) in [4.78, 5) is 28.3. The van der Waals surface area contributed by atoms with E-state index in [1.165, 1.54) is 13.3 Å². The number of carbonyl (C=O) groups is 1. The van der Waals surface area contributed by atoms with E-state index in [1.54, 1.807) is 16.7 Å². The van der Waals surface area contributed by atoms with E-state index in [-0.39, 0.29) is 12.2 Å². The van der Waals surface area contributed by atoms with Gasteiger partial charge >= 0.3 is 5.97 Å². The summed E-state index contributed by atoms with van der Waals surface area (Å²) in [5.74, 6) is -0.613. The molecule has 0 aliphatic carbocycles. The molecule has 0 fully saturated rings. The smallest absolute Gasteiger partial charge is 0.325 e. The van der Waals surface area contributed by atoms with Gasteiger partial charge in [0.05, 0.1) is 35.0 Å². The third kappa shape index (κ3) is 5.26. The fourth-order valence-electron chi connectivity index (χ4n) is 2.34. The van der Waals surface area contributed by atoms with Gasteiger partial charge in [0.2, 0.25) is 0 Å². The quantitative estimate of drug-likeness (QED) is 0.476. The summed E-state index contributed by atoms with van der Waals surface area (Å²) in [6, 6.07) is 2.30. The molecule has 2 aromatic rings. The lowest BCUT2D eigenvalue weighted by Crippen LogP contribution is -2.41. The van der Waals surface area contributed by atoms with Gasteiger partial charge in [-0.3, -0.25) is 14.2 Å². The third-order valence-corrected chi connectivity index (χ3v) is 5.14. The van der Waals surface area contributed by atoms with Crippen LogP contribution in [-0.4, -0.2) is 39.4 Å². The van der Waals surface area contributed by atoms with Crippen LogP contribution < -0.4 is 11.3 Å². The fourth-order valence-corrected chi connectivity index (χ4v) is 2.83. The molecule has 26 heavy (non-hydrogen) atoms. The highest BCUT2D eigenvalue weighted by Crippen LogP contribution is 2.25. The van der Waals surface area contributed by atoms with Gasteiger partial charge in [-0.05, 0) is 54.2 Å². The van der Waals surface area contributed by atoms with E-state index < -0.39 is 18.1 Å². The molecular formula is C17H21BrClN3O4. The van der Waals surface area contributed by atoms with E-state index in [4.69, 9.17) is 22.1 Å². The van der Waals surface area contributed by atoms with Gasteiger partial charge in [0.25, 0.3) is 5.56 Å². The zero-order chi connectivity index (χ0) is 19.3. The molecule has 1 aromatic carbocycles. The average Bonchev–Trinajstić information content (AvgIpc) is 2.60. The first-order chi connectivity index (χ1) is 12.3. The van der Waals surface area contributed by atoms with Gasteiger partial charge in [-0.25, -0.2) is 4.98 Å². The number of unbranched alkanes of at least 4 members (excludes halogenated alkanes) is 2. The molecule has 0 aliphatic rings. The number of aliphatic hydroxyl groups is 1. The number of hydrogen-bond acceptors (Lipinski definition) is 6. The van der Waals surface area contributed by atoms with E-state index in [2.05, 4.69) is 20.9 Å². The van der Waals surface area contributed by atoms with Crippen LogP contribution in [0.2, 0.25) is 5.02 Å². The normalized spacial score (nSPS) is 13.6. The average molecular weight is 447 g/mol. The van der Waals surface area contributed by atoms with E-state index >= 15 is 0 Å². The third-order valence-electron chi connectivity index (χ3n) is 3.95. The lowest BCUT2D eigenvalue weighted by molar-refractivity contribution is -0.147. The second-order valence-corrected chi connectivity index (χ2v) is 7.28. The van der Waals surface area contributed by atoms with Crippen molar-refractivity contribution in [2.75, 3.05) is 6.61 Å². The van der Waals surface area contributed by atoms with Crippen LogP contribution in [0, 0.1) is 0 Å². The predicted octanol–water partition coefficient (Wildman–Crippen LogP) is 2.23. The first-order valence-corrected chi connectivity index (χ1v) is 9.43. The van der Waals surface area contributed by atoms with Crippen molar-refractivity contribution >= 4 is 44.4 Å². The summed E-state index contributed by atoms with van der Waals surface area (Å²) in [7, 11) is 0. The molecule has 0 aliphatic heterocycles. The maximum Gasteiger partial charge on any atom is 0.325 e. The second kappa shape index (κ2) is 9.45. The number of esters is 1. The summed E-state index contributed by atoms with van der Waals surface area (Å²) in [5, 5.41) is 10.2. The van der Waals surface area contributed by atoms with Crippen LogP contribution in [0.5, 0.6) is 0 Å². The SMILES string of the molecule is C[C@@H](O)[C@H](N)C(=O)OCCCCCn1cnc2cc(Br)c(Cl)cc2c1=O. The fraction of sp³-hybridized carbons (Fsp3) is 0.471. The maximum atomic E-state index is 12.5. The van der Waals surface area contributed by atoms with Crippen molar-refractivity contribution in [3.63, 3.8) is 0 Å². The molecule has 142 valence electrons. The highest BCUT2D eigenvalue weighted by atomic mass is 79.9. The van der Waals surface area contributed by atoms with Gasteiger partial charge in [0.15, 0.2) is 0 Å². The largest absolute Gasteiger partial charge is 0.464 e. The number of carbonyl (C=O) groups excluding carboxylic acids is 1. The van der Waals surface area contributed by atoms with Crippen molar-refractivity contribution in [3.05, 3.63) is 38.3 Å². The Balaban J connectivity index is 1.83. The number of benzene rings is 1. The Morgan fingerprint density at radius 3 is 2.85 bits per heavy atom. The molecule has 3 N–H and O–H groups in total. The monoisotopic (exact) mass is 445 g/mol. The van der Waals surface area contributed by atoms with E-state index in [9.17, 15) is 14.7 Å². The number of hydrogen-bond donors (Lipinski definition) is 2. The Hall–Kier alpha value is -1.48. The lowest BCUT2D eigenvalue weighted by Gasteiger charge is -2.13. The van der Waals surface area contributed by atoms with Gasteiger partial charge in [-0.15, -0.1) is 0 Å². The van der Waals surface area contributed by atoms with Crippen molar-refractivity contribution in [2.24, 2.45) is 5.73 Å². The predicted molar refractivity (Wildman–Crippen MR) is 103 cm³/mol. The second-order valence-electron chi connectivity index (χ2n) is 6.02. The summed E-state index contributed by atoms with van der Waals surface area (Å²) < 4.78 is 7.24. The van der Waals surface area contributed by atoms with Crippen molar-refractivity contribution < 1.29 is 14.6 Å². The molecule has 0 amide bonds. The Morgan fingerprint density at radius 2 is 2.15 bits per heavy atom. The van der Waals surface area contributed by atoms with Crippen LogP contribution in [0.25, 0.3) is 10.9 Å². The number of nitrogens with zero attached hydrogens (tertiary/aromatic N) is 2. The molecule has 0 bridgehead atoms. The van der Waals surface area contributed by atoms with Crippen LogP contribution in [0.3, 0.4) is 0 Å². The molecule has 9 heteroatoms. The first-order valence-electron chi connectivity index (χ1n) is 8.25. The highest BCUT2D eigenvalue weighted by molar-refractivity contribution is 9.10. The molecule has 0 unspecified atom stereocenters. The van der Waals surface area contributed by atoms with Gasteiger partial charge < -0.3 is 15.6 Å². The maximum absolute atomic E-state index is 12.5. The summed E-state index contributed by atoms with van der Waals surface area (Å²) in [6.07, 6.45) is 2.73. The molecular weight excluding hydrogens is 426 g/mol. The van der Waals surface area contributed by atoms with Crippen LogP contribution in [0.4, 0.5) is 0 Å². The number of halogens is 2. The molecule has 1 heterocycles. The standard InChI is InChI=1S/C17H21BrClN3O4/c1-10(23)15(20)17(25)26-6-4-2-3-5-22-9-21-14-8-12(18)13(19)7-11(14)16(22)24/h7-10,15,23H,2-6,20H2,1H3/t10-,15+/m1/s1. The molecule has 0 spiro atoms. The first kappa shape index (κ1) is 20.8.